The van der Waals surface area contributed by atoms with Crippen molar-refractivity contribution < 1.29 is 4.39 Å². The second-order valence-electron chi connectivity index (χ2n) is 0.365. The largest absolute Gasteiger partial charge is 0.214 e. The molecule has 0 amide bonds. The molecule has 0 aliphatic rings. The van der Waals surface area contributed by atoms with E-state index >= 15 is 0 Å². The number of hydrogen-bond donors (Lipinski definition) is 0. The van der Waals surface area contributed by atoms with Gasteiger partial charge >= 0.3 is 0 Å². The Kier molecular flexibility index (Phi) is 2.63. The molecule has 1 radical (unpaired) electrons. The summed E-state index contributed by atoms with van der Waals surface area (Å²) in [4.78, 5) is 0. The van der Waals surface area contributed by atoms with Crippen LogP contribution in [-0.4, -0.2) is 0 Å². The average molecular weight is 70.0 g/mol. The fraction of sp³-hybridized carbons (Fsp3) is 0. The Bertz CT molecular complexity index is 69.5. The van der Waals surface area contributed by atoms with E-state index in [1.54, 1.807) is 6.08 Å². The second kappa shape index (κ2) is 3.16. The van der Waals surface area contributed by atoms with Crippen LogP contribution in [0.5, 0.6) is 0 Å². The summed E-state index contributed by atoms with van der Waals surface area (Å²) < 4.78 is 10.5. The molecule has 25 valence electrons. The highest BCUT2D eigenvalue weighted by Crippen LogP contribution is 1.61. The molecule has 0 atom stereocenters. The number of nitrogens with zero attached hydrogens (tertiary/aromatic N) is 1. The molecule has 0 fully saturated rings. The first-order valence-electron chi connectivity index (χ1n) is 0.980. The third-order valence-corrected chi connectivity index (χ3v) is 0.119. The van der Waals surface area contributed by atoms with E-state index in [1.807, 2.05) is 0 Å². The maximum absolute atomic E-state index is 10.5. The number of halogens is 1. The van der Waals surface area contributed by atoms with Gasteiger partial charge in [0.25, 0.3) is 0 Å². The minimum absolute atomic E-state index is 0.0694. The molecule has 0 aliphatic heterocycles. The molecule has 0 aromatic heterocycles. The number of allylic oxidation sites excluding steroid dienone is 1. The van der Waals surface area contributed by atoms with Crippen LogP contribution in [0.1, 0.15) is 0 Å². The van der Waals surface area contributed by atoms with Crippen molar-refractivity contribution in [1.29, 1.82) is 5.26 Å². The maximum Gasteiger partial charge on any atom is 0.106 e. The first-order chi connectivity index (χ1) is 2.41. The number of hydrogen-bond acceptors (Lipinski definition) is 1. The van der Waals surface area contributed by atoms with Crippen molar-refractivity contribution >= 4 is 0 Å². The zero-order chi connectivity index (χ0) is 4.12. The third kappa shape index (κ3) is 3.16. The van der Waals surface area contributed by atoms with Gasteiger partial charge < -0.3 is 0 Å². The molecule has 0 aromatic carbocycles. The number of rotatable bonds is 0. The summed E-state index contributed by atoms with van der Waals surface area (Å²) in [5.41, 5.74) is 0. The molecule has 0 heterocycles. The van der Waals surface area contributed by atoms with Crippen LogP contribution in [0.25, 0.3) is 0 Å². The maximum atomic E-state index is 10.5. The standard InChI is InChI=1S/C3HFN/c4-2-1-3-5/h2H. The van der Waals surface area contributed by atoms with Gasteiger partial charge in [-0.3, -0.25) is 0 Å². The average Bonchev–Trinajstić information content (AvgIpc) is 1.41. The lowest BCUT2D eigenvalue weighted by atomic mass is 10.7. The minimum atomic E-state index is 0.0694. The monoisotopic (exact) mass is 70.0 g/mol. The van der Waals surface area contributed by atoms with Crippen LogP contribution < -0.4 is 0 Å². The summed E-state index contributed by atoms with van der Waals surface area (Å²) in [6.07, 6.45) is 1.69. The first kappa shape index (κ1) is 4.16. The van der Waals surface area contributed by atoms with Crippen LogP contribution in [0, 0.1) is 17.4 Å². The van der Waals surface area contributed by atoms with Gasteiger partial charge in [0.15, 0.2) is 0 Å². The third-order valence-electron chi connectivity index (χ3n) is 0.119. The SMILES string of the molecule is N#C/[C]=C\F. The lowest BCUT2D eigenvalue weighted by molar-refractivity contribution is 0.718. The van der Waals surface area contributed by atoms with Crippen molar-refractivity contribution in [2.75, 3.05) is 0 Å². The van der Waals surface area contributed by atoms with E-state index in [0.29, 0.717) is 0 Å². The molecule has 0 aromatic rings. The van der Waals surface area contributed by atoms with Crippen LogP contribution in [0.3, 0.4) is 0 Å². The van der Waals surface area contributed by atoms with Crippen LogP contribution in [0.2, 0.25) is 0 Å². The van der Waals surface area contributed by atoms with E-state index in [2.05, 4.69) is 0 Å². The van der Waals surface area contributed by atoms with Gasteiger partial charge in [0.05, 0.1) is 0 Å². The smallest absolute Gasteiger partial charge is 0.106 e. The van der Waals surface area contributed by atoms with Gasteiger partial charge in [0, 0.05) is 0 Å². The Morgan fingerprint density at radius 3 is 2.40 bits per heavy atom. The van der Waals surface area contributed by atoms with E-state index in [9.17, 15) is 4.39 Å². The van der Waals surface area contributed by atoms with Crippen LogP contribution in [0.4, 0.5) is 4.39 Å². The molecule has 0 bridgehead atoms. The second-order valence-corrected chi connectivity index (χ2v) is 0.365. The van der Waals surface area contributed by atoms with Crippen molar-refractivity contribution in [3.8, 4) is 6.07 Å². The zero-order valence-corrected chi connectivity index (χ0v) is 2.40. The topological polar surface area (TPSA) is 23.8 Å². The van der Waals surface area contributed by atoms with Gasteiger partial charge in [0.1, 0.15) is 18.5 Å². The summed E-state index contributed by atoms with van der Waals surface area (Å²) in [5.74, 6) is 0. The Morgan fingerprint density at radius 2 is 2.40 bits per heavy atom. The molecule has 0 saturated carbocycles. The fourth-order valence-electron chi connectivity index (χ4n) is 0.0244. The molecule has 1 nitrogen and oxygen atoms in total. The van der Waals surface area contributed by atoms with Crippen LogP contribution >= 0.6 is 0 Å². The Labute approximate surface area is 29.3 Å². The van der Waals surface area contributed by atoms with Crippen molar-refractivity contribution in [1.82, 2.24) is 0 Å². The summed E-state index contributed by atoms with van der Waals surface area (Å²) in [5, 5.41) is 7.43. The van der Waals surface area contributed by atoms with Crippen molar-refractivity contribution in [2.45, 2.75) is 0 Å². The predicted molar refractivity (Wildman–Crippen MR) is 14.5 cm³/mol. The Balaban J connectivity index is 3.04. The van der Waals surface area contributed by atoms with Gasteiger partial charge in [-0.05, 0) is 0 Å². The highest BCUT2D eigenvalue weighted by Gasteiger charge is 1.52. The normalized spacial score (nSPS) is 8.00. The molecule has 0 rings (SSSR count). The lowest BCUT2D eigenvalue weighted by Gasteiger charge is -1.42. The summed E-state index contributed by atoms with van der Waals surface area (Å²) in [6.45, 7) is 0. The minimum Gasteiger partial charge on any atom is -0.214 e. The summed E-state index contributed by atoms with van der Waals surface area (Å²) in [6, 6.07) is 1.34. The summed E-state index contributed by atoms with van der Waals surface area (Å²) in [7, 11) is 0. The van der Waals surface area contributed by atoms with Crippen molar-refractivity contribution in [3.63, 3.8) is 0 Å². The van der Waals surface area contributed by atoms with Crippen LogP contribution in [0.15, 0.2) is 6.33 Å². The molecule has 0 unspecified atom stereocenters. The fourth-order valence-corrected chi connectivity index (χ4v) is 0.0244. The van der Waals surface area contributed by atoms with Crippen molar-refractivity contribution in [3.05, 3.63) is 12.4 Å². The Hall–Kier alpha value is -0.840. The Morgan fingerprint density at radius 1 is 1.80 bits per heavy atom. The van der Waals surface area contributed by atoms with E-state index < -0.39 is 0 Å². The molecule has 0 spiro atoms. The zero-order valence-electron chi connectivity index (χ0n) is 2.40. The van der Waals surface area contributed by atoms with Gasteiger partial charge in [-0.25, -0.2) is 4.39 Å². The lowest BCUT2D eigenvalue weighted by Crippen LogP contribution is -1.35. The molecule has 0 aliphatic carbocycles. The highest BCUT2D eigenvalue weighted by atomic mass is 19.1. The summed E-state index contributed by atoms with van der Waals surface area (Å²) >= 11 is 0. The van der Waals surface area contributed by atoms with Gasteiger partial charge in [0.2, 0.25) is 0 Å². The van der Waals surface area contributed by atoms with E-state index in [-0.39, 0.29) is 6.33 Å². The van der Waals surface area contributed by atoms with Gasteiger partial charge in [-0.15, -0.1) is 0 Å². The predicted octanol–water partition coefficient (Wildman–Crippen LogP) is 0.796. The molecule has 0 saturated heterocycles. The van der Waals surface area contributed by atoms with Gasteiger partial charge in [-0.1, -0.05) is 0 Å². The number of nitriles is 1. The quantitative estimate of drug-likeness (QED) is 0.386. The highest BCUT2D eigenvalue weighted by molar-refractivity contribution is 4.86. The van der Waals surface area contributed by atoms with E-state index in [4.69, 9.17) is 5.26 Å². The van der Waals surface area contributed by atoms with Crippen molar-refractivity contribution in [2.24, 2.45) is 0 Å². The molecule has 2 heteroatoms. The van der Waals surface area contributed by atoms with E-state index in [1.165, 1.54) is 6.07 Å². The molecule has 0 N–H and O–H groups in total. The van der Waals surface area contributed by atoms with Gasteiger partial charge in [-0.2, -0.15) is 5.26 Å². The van der Waals surface area contributed by atoms with Crippen LogP contribution in [-0.2, 0) is 0 Å². The van der Waals surface area contributed by atoms with E-state index in [0.717, 1.165) is 0 Å². The first-order valence-corrected chi connectivity index (χ1v) is 0.980. The molecular weight excluding hydrogens is 69.0 g/mol. The molecular formula is C3HFN. The molecule has 5 heavy (non-hydrogen) atoms.